The van der Waals surface area contributed by atoms with Crippen molar-refractivity contribution in [3.8, 4) is 5.75 Å². The number of nitrogens with zero attached hydrogens (tertiary/aromatic N) is 3. The third-order valence-electron chi connectivity index (χ3n) is 6.58. The molecule has 7 heteroatoms. The van der Waals surface area contributed by atoms with Gasteiger partial charge in [0.15, 0.2) is 0 Å². The molecule has 1 amide bonds. The van der Waals surface area contributed by atoms with Crippen LogP contribution in [-0.4, -0.2) is 72.9 Å². The summed E-state index contributed by atoms with van der Waals surface area (Å²) in [6, 6.07) is 7.01. The number of carbonyl (C=O) groups is 1. The van der Waals surface area contributed by atoms with Crippen LogP contribution in [-0.2, 0) is 4.74 Å². The second-order valence-electron chi connectivity index (χ2n) is 9.76. The maximum Gasteiger partial charge on any atom is 0.410 e. The highest BCUT2D eigenvalue weighted by atomic mass is 35.5. The first kappa shape index (κ1) is 21.6. The molecule has 2 atom stereocenters. The number of hydrogen-bond donors (Lipinski definition) is 0. The topological polar surface area (TPSA) is 45.2 Å². The number of piperidine rings is 1. The summed E-state index contributed by atoms with van der Waals surface area (Å²) in [5.74, 6) is 0.838. The lowest BCUT2D eigenvalue weighted by Crippen LogP contribution is -2.60. The van der Waals surface area contributed by atoms with Crippen molar-refractivity contribution in [1.82, 2.24) is 9.80 Å². The summed E-state index contributed by atoms with van der Waals surface area (Å²) in [6.07, 6.45) is 4.27. The van der Waals surface area contributed by atoms with Crippen molar-refractivity contribution in [3.63, 3.8) is 0 Å². The minimum Gasteiger partial charge on any atom is -0.495 e. The van der Waals surface area contributed by atoms with Gasteiger partial charge in [-0.2, -0.15) is 0 Å². The van der Waals surface area contributed by atoms with E-state index in [-0.39, 0.29) is 18.2 Å². The van der Waals surface area contributed by atoms with Gasteiger partial charge >= 0.3 is 6.09 Å². The Labute approximate surface area is 185 Å². The zero-order chi connectivity index (χ0) is 21.5. The van der Waals surface area contributed by atoms with E-state index in [9.17, 15) is 4.79 Å². The molecule has 3 aliphatic rings. The second-order valence-corrected chi connectivity index (χ2v) is 10.2. The molecular formula is C23H34ClN3O3. The Morgan fingerprint density at radius 2 is 1.67 bits per heavy atom. The Hall–Kier alpha value is -1.66. The normalized spacial score (nSPS) is 25.5. The highest BCUT2D eigenvalue weighted by Gasteiger charge is 2.45. The van der Waals surface area contributed by atoms with Crippen molar-refractivity contribution in [2.45, 2.75) is 70.2 Å². The largest absolute Gasteiger partial charge is 0.495 e. The standard InChI is InChI=1S/C23H34ClN3O3/c1-23(2,3)30-22(28)27-18-6-7-19(27)15-26(14-18)17-9-11-25(12-10-17)20-8-5-16(24)13-21(20)29-4/h5,8,13,17-19H,6-7,9-12,14-15H2,1-4H3. The van der Waals surface area contributed by atoms with Gasteiger partial charge in [-0.25, -0.2) is 4.79 Å². The van der Waals surface area contributed by atoms with Crippen LogP contribution >= 0.6 is 11.6 Å². The van der Waals surface area contributed by atoms with E-state index in [2.05, 4.69) is 15.9 Å². The predicted octanol–water partition coefficient (Wildman–Crippen LogP) is 4.40. The molecule has 3 fully saturated rings. The first-order valence-electron chi connectivity index (χ1n) is 11.1. The zero-order valence-corrected chi connectivity index (χ0v) is 19.3. The van der Waals surface area contributed by atoms with Crippen molar-refractivity contribution in [3.05, 3.63) is 23.2 Å². The number of hydrogen-bond acceptors (Lipinski definition) is 5. The number of amides is 1. The third-order valence-corrected chi connectivity index (χ3v) is 6.81. The van der Waals surface area contributed by atoms with Crippen LogP contribution in [0, 0.1) is 0 Å². The minimum atomic E-state index is -0.441. The monoisotopic (exact) mass is 435 g/mol. The summed E-state index contributed by atoms with van der Waals surface area (Å²) in [6.45, 7) is 9.75. The Morgan fingerprint density at radius 1 is 1.03 bits per heavy atom. The van der Waals surface area contributed by atoms with Crippen molar-refractivity contribution >= 4 is 23.4 Å². The van der Waals surface area contributed by atoms with Gasteiger partial charge in [-0.05, 0) is 58.6 Å². The molecule has 0 aromatic heterocycles. The molecule has 0 spiro atoms. The lowest BCUT2D eigenvalue weighted by molar-refractivity contribution is -0.0127. The highest BCUT2D eigenvalue weighted by molar-refractivity contribution is 6.30. The van der Waals surface area contributed by atoms with E-state index in [0.29, 0.717) is 11.1 Å². The van der Waals surface area contributed by atoms with Crippen LogP contribution in [0.4, 0.5) is 10.5 Å². The molecule has 3 aliphatic heterocycles. The van der Waals surface area contributed by atoms with E-state index in [0.717, 1.165) is 63.3 Å². The zero-order valence-electron chi connectivity index (χ0n) is 18.6. The van der Waals surface area contributed by atoms with E-state index in [1.54, 1.807) is 7.11 Å². The highest BCUT2D eigenvalue weighted by Crippen LogP contribution is 2.36. The van der Waals surface area contributed by atoms with Crippen LogP contribution in [0.2, 0.25) is 5.02 Å². The number of likely N-dealkylation sites (tertiary alicyclic amines) is 1. The molecule has 0 aliphatic carbocycles. The van der Waals surface area contributed by atoms with Crippen LogP contribution in [0.3, 0.4) is 0 Å². The molecule has 1 aromatic carbocycles. The quantitative estimate of drug-likeness (QED) is 0.704. The maximum atomic E-state index is 12.7. The first-order valence-corrected chi connectivity index (χ1v) is 11.5. The minimum absolute atomic E-state index is 0.140. The van der Waals surface area contributed by atoms with Gasteiger partial charge in [-0.1, -0.05) is 11.6 Å². The fourth-order valence-electron chi connectivity index (χ4n) is 5.23. The molecule has 166 valence electrons. The molecule has 0 saturated carbocycles. The van der Waals surface area contributed by atoms with E-state index in [4.69, 9.17) is 21.1 Å². The molecule has 1 aromatic rings. The maximum absolute atomic E-state index is 12.7. The van der Waals surface area contributed by atoms with Crippen molar-refractivity contribution in [1.29, 1.82) is 0 Å². The van der Waals surface area contributed by atoms with Crippen molar-refractivity contribution in [2.75, 3.05) is 38.2 Å². The van der Waals surface area contributed by atoms with E-state index in [1.807, 2.05) is 37.8 Å². The predicted molar refractivity (Wildman–Crippen MR) is 120 cm³/mol. The molecule has 3 heterocycles. The lowest BCUT2D eigenvalue weighted by atomic mass is 10.00. The molecular weight excluding hydrogens is 402 g/mol. The van der Waals surface area contributed by atoms with E-state index < -0.39 is 5.60 Å². The van der Waals surface area contributed by atoms with Gasteiger partial charge in [0.1, 0.15) is 11.4 Å². The van der Waals surface area contributed by atoms with E-state index >= 15 is 0 Å². The van der Waals surface area contributed by atoms with Gasteiger partial charge in [0, 0.05) is 55.4 Å². The number of carbonyl (C=O) groups excluding carboxylic acids is 1. The number of methoxy groups -OCH3 is 1. The average Bonchev–Trinajstić information content (AvgIpc) is 2.97. The van der Waals surface area contributed by atoms with Gasteiger partial charge in [0.2, 0.25) is 0 Å². The molecule has 3 saturated heterocycles. The van der Waals surface area contributed by atoms with Gasteiger partial charge in [-0.3, -0.25) is 9.80 Å². The third kappa shape index (κ3) is 4.50. The molecule has 4 rings (SSSR count). The molecule has 0 radical (unpaired) electrons. The van der Waals surface area contributed by atoms with Crippen LogP contribution in [0.5, 0.6) is 5.75 Å². The molecule has 0 N–H and O–H groups in total. The summed E-state index contributed by atoms with van der Waals surface area (Å²) in [5, 5.41) is 0.698. The second kappa shape index (κ2) is 8.46. The van der Waals surface area contributed by atoms with Gasteiger partial charge in [-0.15, -0.1) is 0 Å². The molecule has 6 nitrogen and oxygen atoms in total. The molecule has 2 unspecified atom stereocenters. The number of fused-ring (bicyclic) bond motifs is 2. The molecule has 2 bridgehead atoms. The van der Waals surface area contributed by atoms with Crippen LogP contribution < -0.4 is 9.64 Å². The Morgan fingerprint density at radius 3 is 2.23 bits per heavy atom. The number of anilines is 1. The number of ether oxygens (including phenoxy) is 2. The molecule has 30 heavy (non-hydrogen) atoms. The van der Waals surface area contributed by atoms with Crippen molar-refractivity contribution in [2.24, 2.45) is 0 Å². The van der Waals surface area contributed by atoms with Crippen molar-refractivity contribution < 1.29 is 14.3 Å². The summed E-state index contributed by atoms with van der Waals surface area (Å²) >= 11 is 6.12. The Balaban J connectivity index is 1.35. The number of piperazine rings is 1. The summed E-state index contributed by atoms with van der Waals surface area (Å²) in [4.78, 5) is 19.7. The first-order chi connectivity index (χ1) is 14.2. The Kier molecular flexibility index (Phi) is 6.08. The number of rotatable bonds is 3. The van der Waals surface area contributed by atoms with Crippen LogP contribution in [0.25, 0.3) is 0 Å². The number of halogens is 1. The van der Waals surface area contributed by atoms with Crippen LogP contribution in [0.1, 0.15) is 46.5 Å². The Bertz CT molecular complexity index is 759. The lowest BCUT2D eigenvalue weighted by Gasteiger charge is -2.46. The van der Waals surface area contributed by atoms with E-state index in [1.165, 1.54) is 0 Å². The average molecular weight is 436 g/mol. The SMILES string of the molecule is COc1cc(Cl)ccc1N1CCC(N2CC3CCC(C2)N3C(=O)OC(C)(C)C)CC1. The van der Waals surface area contributed by atoms with Gasteiger partial charge in [0.05, 0.1) is 12.8 Å². The van der Waals surface area contributed by atoms with Gasteiger partial charge in [0.25, 0.3) is 0 Å². The number of benzene rings is 1. The summed E-state index contributed by atoms with van der Waals surface area (Å²) in [7, 11) is 1.70. The fraction of sp³-hybridized carbons (Fsp3) is 0.696. The van der Waals surface area contributed by atoms with Crippen LogP contribution in [0.15, 0.2) is 18.2 Å². The smallest absolute Gasteiger partial charge is 0.410 e. The van der Waals surface area contributed by atoms with Gasteiger partial charge < -0.3 is 14.4 Å². The fourth-order valence-corrected chi connectivity index (χ4v) is 5.39. The summed E-state index contributed by atoms with van der Waals surface area (Å²) < 4.78 is 11.2. The summed E-state index contributed by atoms with van der Waals surface area (Å²) in [5.41, 5.74) is 0.679.